The van der Waals surface area contributed by atoms with Gasteiger partial charge in [-0.15, -0.1) is 0 Å². The van der Waals surface area contributed by atoms with E-state index in [2.05, 4.69) is 48.9 Å². The van der Waals surface area contributed by atoms with Gasteiger partial charge in [-0.2, -0.15) is 0 Å². The van der Waals surface area contributed by atoms with Crippen molar-refractivity contribution in [3.8, 4) is 0 Å². The molecule has 0 saturated carbocycles. The van der Waals surface area contributed by atoms with E-state index in [0.29, 0.717) is 0 Å². The molecule has 0 bridgehead atoms. The van der Waals surface area contributed by atoms with E-state index in [1.165, 1.54) is 16.7 Å². The first kappa shape index (κ1) is 15.5. The maximum Gasteiger partial charge on any atom is 0.181 e. The highest BCUT2D eigenvalue weighted by Crippen LogP contribution is 2.21. The SMILES string of the molecule is CCCNC(Cn1ccc(=O)cc1)c1cc(C)ccc1C. The van der Waals surface area contributed by atoms with Crippen LogP contribution in [0.4, 0.5) is 0 Å². The highest BCUT2D eigenvalue weighted by Gasteiger charge is 2.13. The lowest BCUT2D eigenvalue weighted by Crippen LogP contribution is -2.27. The summed E-state index contributed by atoms with van der Waals surface area (Å²) in [6.45, 7) is 8.26. The van der Waals surface area contributed by atoms with Gasteiger partial charge in [-0.25, -0.2) is 0 Å². The van der Waals surface area contributed by atoms with Crippen LogP contribution in [0.5, 0.6) is 0 Å². The minimum Gasteiger partial charge on any atom is -0.352 e. The van der Waals surface area contributed by atoms with Gasteiger partial charge in [-0.05, 0) is 37.9 Å². The van der Waals surface area contributed by atoms with E-state index >= 15 is 0 Å². The molecule has 1 N–H and O–H groups in total. The molecule has 1 unspecified atom stereocenters. The molecule has 2 rings (SSSR count). The molecule has 0 spiro atoms. The fourth-order valence-corrected chi connectivity index (χ4v) is 2.50. The van der Waals surface area contributed by atoms with Crippen molar-refractivity contribution in [2.75, 3.05) is 6.54 Å². The second-order valence-corrected chi connectivity index (χ2v) is 5.60. The van der Waals surface area contributed by atoms with E-state index in [1.807, 2.05) is 12.4 Å². The number of pyridine rings is 1. The van der Waals surface area contributed by atoms with Crippen LogP contribution in [0.15, 0.2) is 47.5 Å². The van der Waals surface area contributed by atoms with Crippen molar-refractivity contribution < 1.29 is 0 Å². The van der Waals surface area contributed by atoms with E-state index in [0.717, 1.165) is 19.5 Å². The highest BCUT2D eigenvalue weighted by molar-refractivity contribution is 5.33. The number of nitrogens with zero attached hydrogens (tertiary/aromatic N) is 1. The number of nitrogens with one attached hydrogen (secondary N) is 1. The average Bonchev–Trinajstić information content (AvgIpc) is 2.48. The number of hydrogen-bond acceptors (Lipinski definition) is 2. The second-order valence-electron chi connectivity index (χ2n) is 5.60. The second kappa shape index (κ2) is 7.23. The first-order valence-electron chi connectivity index (χ1n) is 7.57. The summed E-state index contributed by atoms with van der Waals surface area (Å²) in [4.78, 5) is 11.2. The summed E-state index contributed by atoms with van der Waals surface area (Å²) < 4.78 is 2.07. The maximum atomic E-state index is 11.2. The Hall–Kier alpha value is -1.87. The van der Waals surface area contributed by atoms with Crippen LogP contribution in [0, 0.1) is 13.8 Å². The molecule has 112 valence electrons. The van der Waals surface area contributed by atoms with Gasteiger partial charge in [0.25, 0.3) is 0 Å². The van der Waals surface area contributed by atoms with Crippen molar-refractivity contribution in [3.63, 3.8) is 0 Å². The summed E-state index contributed by atoms with van der Waals surface area (Å²) in [7, 11) is 0. The van der Waals surface area contributed by atoms with Gasteiger partial charge in [0.2, 0.25) is 0 Å². The minimum absolute atomic E-state index is 0.0519. The van der Waals surface area contributed by atoms with E-state index in [1.54, 1.807) is 12.1 Å². The van der Waals surface area contributed by atoms with Crippen LogP contribution in [0.25, 0.3) is 0 Å². The third-order valence-corrected chi connectivity index (χ3v) is 3.70. The third-order valence-electron chi connectivity index (χ3n) is 3.70. The highest BCUT2D eigenvalue weighted by atomic mass is 16.1. The monoisotopic (exact) mass is 284 g/mol. The first-order chi connectivity index (χ1) is 10.1. The van der Waals surface area contributed by atoms with Crippen LogP contribution in [-0.4, -0.2) is 11.1 Å². The van der Waals surface area contributed by atoms with E-state index in [9.17, 15) is 4.79 Å². The molecule has 1 aromatic carbocycles. The fourth-order valence-electron chi connectivity index (χ4n) is 2.50. The normalized spacial score (nSPS) is 12.3. The van der Waals surface area contributed by atoms with Crippen LogP contribution in [-0.2, 0) is 6.54 Å². The molecule has 0 aliphatic rings. The molecular weight excluding hydrogens is 260 g/mol. The quantitative estimate of drug-likeness (QED) is 0.884. The molecule has 0 aliphatic carbocycles. The molecule has 1 atom stereocenters. The summed E-state index contributed by atoms with van der Waals surface area (Å²) in [5, 5.41) is 3.62. The number of hydrogen-bond donors (Lipinski definition) is 1. The summed E-state index contributed by atoms with van der Waals surface area (Å²) in [5.74, 6) is 0. The molecule has 0 saturated heterocycles. The molecule has 1 heterocycles. The van der Waals surface area contributed by atoms with Crippen LogP contribution in [0.3, 0.4) is 0 Å². The Morgan fingerprint density at radius 1 is 1.14 bits per heavy atom. The topological polar surface area (TPSA) is 34.0 Å². The van der Waals surface area contributed by atoms with Crippen LogP contribution >= 0.6 is 0 Å². The lowest BCUT2D eigenvalue weighted by atomic mass is 9.98. The Balaban J connectivity index is 2.26. The van der Waals surface area contributed by atoms with Gasteiger partial charge in [0.15, 0.2) is 5.43 Å². The number of aromatic nitrogens is 1. The minimum atomic E-state index is 0.0519. The molecule has 21 heavy (non-hydrogen) atoms. The molecule has 0 aliphatic heterocycles. The zero-order valence-electron chi connectivity index (χ0n) is 13.1. The number of rotatable bonds is 6. The van der Waals surface area contributed by atoms with Gasteiger partial charge in [-0.1, -0.05) is 30.7 Å². The largest absolute Gasteiger partial charge is 0.352 e. The average molecular weight is 284 g/mol. The zero-order chi connectivity index (χ0) is 15.2. The van der Waals surface area contributed by atoms with Crippen molar-refractivity contribution >= 4 is 0 Å². The number of aryl methyl sites for hydroxylation is 2. The van der Waals surface area contributed by atoms with Crippen molar-refractivity contribution in [1.82, 2.24) is 9.88 Å². The van der Waals surface area contributed by atoms with Crippen molar-refractivity contribution in [2.45, 2.75) is 39.8 Å². The summed E-state index contributed by atoms with van der Waals surface area (Å²) in [6, 6.07) is 10.1. The Morgan fingerprint density at radius 2 is 1.86 bits per heavy atom. The van der Waals surface area contributed by atoms with Crippen molar-refractivity contribution in [1.29, 1.82) is 0 Å². The van der Waals surface area contributed by atoms with Crippen LogP contribution in [0.1, 0.15) is 36.1 Å². The standard InChI is InChI=1S/C18H24N2O/c1-4-9-19-18(13-20-10-7-16(21)8-11-20)17-12-14(2)5-6-15(17)3/h5-8,10-12,18-19H,4,9,13H2,1-3H3. The summed E-state index contributed by atoms with van der Waals surface area (Å²) in [6.07, 6.45) is 4.81. The van der Waals surface area contributed by atoms with Gasteiger partial charge < -0.3 is 9.88 Å². The Labute approximate surface area is 126 Å². The van der Waals surface area contributed by atoms with Gasteiger partial charge in [0.1, 0.15) is 0 Å². The fraction of sp³-hybridized carbons (Fsp3) is 0.389. The molecule has 3 heteroatoms. The smallest absolute Gasteiger partial charge is 0.181 e. The lowest BCUT2D eigenvalue weighted by molar-refractivity contribution is 0.460. The maximum absolute atomic E-state index is 11.2. The predicted octanol–water partition coefficient (Wildman–Crippen LogP) is 3.21. The zero-order valence-corrected chi connectivity index (χ0v) is 13.1. The van der Waals surface area contributed by atoms with E-state index in [4.69, 9.17) is 0 Å². The molecule has 0 fully saturated rings. The Kier molecular flexibility index (Phi) is 5.34. The Bertz CT molecular complexity index is 625. The summed E-state index contributed by atoms with van der Waals surface area (Å²) >= 11 is 0. The molecular formula is C18H24N2O. The number of benzene rings is 1. The van der Waals surface area contributed by atoms with Gasteiger partial charge in [0.05, 0.1) is 6.04 Å². The predicted molar refractivity (Wildman–Crippen MR) is 87.7 cm³/mol. The molecule has 1 aromatic heterocycles. The van der Waals surface area contributed by atoms with Crippen molar-refractivity contribution in [2.24, 2.45) is 0 Å². The van der Waals surface area contributed by atoms with Crippen LogP contribution in [0.2, 0.25) is 0 Å². The molecule has 0 radical (unpaired) electrons. The summed E-state index contributed by atoms with van der Waals surface area (Å²) in [5.41, 5.74) is 3.97. The van der Waals surface area contributed by atoms with Gasteiger partial charge in [0, 0.05) is 31.1 Å². The third kappa shape index (κ3) is 4.30. The molecule has 2 aromatic rings. The van der Waals surface area contributed by atoms with Gasteiger partial charge in [-0.3, -0.25) is 4.79 Å². The van der Waals surface area contributed by atoms with Crippen LogP contribution < -0.4 is 10.7 Å². The molecule has 3 nitrogen and oxygen atoms in total. The van der Waals surface area contributed by atoms with E-state index in [-0.39, 0.29) is 11.5 Å². The lowest BCUT2D eigenvalue weighted by Gasteiger charge is -2.22. The van der Waals surface area contributed by atoms with Gasteiger partial charge >= 0.3 is 0 Å². The first-order valence-corrected chi connectivity index (χ1v) is 7.57. The molecule has 0 amide bonds. The van der Waals surface area contributed by atoms with Crippen molar-refractivity contribution in [3.05, 3.63) is 69.6 Å². The van der Waals surface area contributed by atoms with E-state index < -0.39 is 0 Å². The Morgan fingerprint density at radius 3 is 2.52 bits per heavy atom.